The maximum absolute atomic E-state index is 12.9. The summed E-state index contributed by atoms with van der Waals surface area (Å²) in [5.41, 5.74) is 2.50. The average Bonchev–Trinajstić information content (AvgIpc) is 2.80. The number of amides is 1. The molecule has 0 spiro atoms. The fourth-order valence-electron chi connectivity index (χ4n) is 5.66. The van der Waals surface area contributed by atoms with E-state index in [0.29, 0.717) is 12.5 Å². The number of rotatable bonds is 6. The molecule has 2 heterocycles. The second-order valence-electron chi connectivity index (χ2n) is 9.62. The summed E-state index contributed by atoms with van der Waals surface area (Å²) in [5.74, 6) is 3.54. The largest absolute Gasteiger partial charge is 0.493 e. The zero-order valence-electron chi connectivity index (χ0n) is 19.6. The van der Waals surface area contributed by atoms with Crippen molar-refractivity contribution < 1.29 is 14.3 Å². The molecule has 1 saturated carbocycles. The minimum absolute atomic E-state index is 0.341. The summed E-state index contributed by atoms with van der Waals surface area (Å²) >= 11 is 0. The Morgan fingerprint density at radius 3 is 2.26 bits per heavy atom. The summed E-state index contributed by atoms with van der Waals surface area (Å²) in [7, 11) is 3.36. The molecule has 0 bridgehead atoms. The van der Waals surface area contributed by atoms with Crippen LogP contribution in [0.25, 0.3) is 0 Å². The van der Waals surface area contributed by atoms with Gasteiger partial charge in [-0.3, -0.25) is 14.6 Å². The zero-order valence-corrected chi connectivity index (χ0v) is 19.6. The summed E-state index contributed by atoms with van der Waals surface area (Å²) < 4.78 is 10.9. The highest BCUT2D eigenvalue weighted by molar-refractivity contribution is 5.78. The molecule has 4 rings (SSSR count). The van der Waals surface area contributed by atoms with Gasteiger partial charge in [0, 0.05) is 45.8 Å². The first-order chi connectivity index (χ1) is 15.1. The lowest BCUT2D eigenvalue weighted by Crippen LogP contribution is -2.52. The van der Waals surface area contributed by atoms with Gasteiger partial charge < -0.3 is 14.4 Å². The number of carbonyl (C=O) groups excluding carboxylic acids is 1. The molecule has 3 fully saturated rings. The highest BCUT2D eigenvalue weighted by atomic mass is 16.5. The third kappa shape index (κ3) is 5.35. The quantitative estimate of drug-likeness (QED) is 0.695. The van der Waals surface area contributed by atoms with Crippen molar-refractivity contribution in [3.8, 4) is 11.5 Å². The minimum atomic E-state index is 0.341. The zero-order chi connectivity index (χ0) is 21.8. The highest BCUT2D eigenvalue weighted by Gasteiger charge is 2.33. The van der Waals surface area contributed by atoms with Crippen molar-refractivity contribution in [3.63, 3.8) is 0 Å². The molecule has 6 nitrogen and oxygen atoms in total. The van der Waals surface area contributed by atoms with Gasteiger partial charge in [0.05, 0.1) is 20.8 Å². The van der Waals surface area contributed by atoms with E-state index in [0.717, 1.165) is 69.1 Å². The number of hydrogen-bond acceptors (Lipinski definition) is 5. The van der Waals surface area contributed by atoms with E-state index in [2.05, 4.69) is 33.8 Å². The van der Waals surface area contributed by atoms with Crippen molar-refractivity contribution in [1.82, 2.24) is 14.7 Å². The molecule has 31 heavy (non-hydrogen) atoms. The molecule has 1 aromatic carbocycles. The monoisotopic (exact) mass is 429 g/mol. The molecule has 0 aromatic heterocycles. The fourth-order valence-corrected chi connectivity index (χ4v) is 5.66. The van der Waals surface area contributed by atoms with Gasteiger partial charge >= 0.3 is 0 Å². The van der Waals surface area contributed by atoms with Gasteiger partial charge in [-0.15, -0.1) is 0 Å². The van der Waals surface area contributed by atoms with Gasteiger partial charge in [0.1, 0.15) is 0 Å². The molecular weight excluding hydrogens is 390 g/mol. The van der Waals surface area contributed by atoms with Gasteiger partial charge in [-0.25, -0.2) is 0 Å². The number of fused-ring (bicyclic) bond motifs is 1. The first kappa shape index (κ1) is 22.4. The normalized spacial score (nSPS) is 25.2. The van der Waals surface area contributed by atoms with Gasteiger partial charge in [0.25, 0.3) is 0 Å². The van der Waals surface area contributed by atoms with E-state index in [4.69, 9.17) is 9.47 Å². The molecule has 1 amide bonds. The van der Waals surface area contributed by atoms with Crippen LogP contribution >= 0.6 is 0 Å². The topological polar surface area (TPSA) is 45.2 Å². The number of piperidine rings is 1. The van der Waals surface area contributed by atoms with Crippen LogP contribution in [0.15, 0.2) is 12.1 Å². The Morgan fingerprint density at radius 2 is 1.55 bits per heavy atom. The van der Waals surface area contributed by atoms with Gasteiger partial charge in [-0.1, -0.05) is 19.3 Å². The third-order valence-corrected chi connectivity index (χ3v) is 7.70. The number of benzene rings is 1. The summed E-state index contributed by atoms with van der Waals surface area (Å²) in [6.07, 6.45) is 6.67. The minimum Gasteiger partial charge on any atom is -0.493 e. The van der Waals surface area contributed by atoms with Gasteiger partial charge in [0.2, 0.25) is 5.91 Å². The molecule has 172 valence electrons. The van der Waals surface area contributed by atoms with Crippen molar-refractivity contribution in [2.45, 2.75) is 45.6 Å². The molecule has 2 aliphatic heterocycles. The second-order valence-corrected chi connectivity index (χ2v) is 9.62. The van der Waals surface area contributed by atoms with Crippen LogP contribution in [0.3, 0.4) is 0 Å². The number of ether oxygens (including phenoxy) is 2. The highest BCUT2D eigenvalue weighted by Crippen LogP contribution is 2.36. The first-order valence-electron chi connectivity index (χ1n) is 12.0. The Bertz CT molecular complexity index is 761. The van der Waals surface area contributed by atoms with E-state index < -0.39 is 0 Å². The predicted octanol–water partition coefficient (Wildman–Crippen LogP) is 3.17. The van der Waals surface area contributed by atoms with E-state index in [1.165, 1.54) is 43.2 Å². The van der Waals surface area contributed by atoms with E-state index in [9.17, 15) is 4.79 Å². The van der Waals surface area contributed by atoms with Crippen molar-refractivity contribution in [1.29, 1.82) is 0 Å². The lowest BCUT2D eigenvalue weighted by Gasteiger charge is -2.42. The lowest BCUT2D eigenvalue weighted by molar-refractivity contribution is -0.136. The number of likely N-dealkylation sites (tertiary alicyclic amines) is 1. The smallest absolute Gasteiger partial charge is 0.236 e. The van der Waals surface area contributed by atoms with Crippen molar-refractivity contribution in [3.05, 3.63) is 23.3 Å². The molecule has 1 aromatic rings. The van der Waals surface area contributed by atoms with Gasteiger partial charge in [0.15, 0.2) is 11.5 Å². The van der Waals surface area contributed by atoms with E-state index >= 15 is 0 Å². The van der Waals surface area contributed by atoms with Crippen LogP contribution in [0.2, 0.25) is 0 Å². The van der Waals surface area contributed by atoms with Crippen molar-refractivity contribution in [2.75, 3.05) is 60.0 Å². The van der Waals surface area contributed by atoms with Crippen LogP contribution in [-0.4, -0.2) is 80.6 Å². The third-order valence-electron chi connectivity index (χ3n) is 7.70. The SMILES string of the molecule is COc1cc(C)c(CN2CCN(CC(=O)N3CC[C@@H]4CCCC[C@@H]4C3)CC2)cc1OC. The second kappa shape index (κ2) is 10.2. The number of nitrogens with zero attached hydrogens (tertiary/aromatic N) is 3. The predicted molar refractivity (Wildman–Crippen MR) is 123 cm³/mol. The molecule has 2 saturated heterocycles. The Morgan fingerprint density at radius 1 is 0.903 bits per heavy atom. The Balaban J connectivity index is 1.25. The molecule has 0 N–H and O–H groups in total. The maximum Gasteiger partial charge on any atom is 0.236 e. The fraction of sp³-hybridized carbons (Fsp3) is 0.720. The molecule has 0 radical (unpaired) electrons. The summed E-state index contributed by atoms with van der Waals surface area (Å²) in [5, 5.41) is 0. The Labute approximate surface area is 187 Å². The molecular formula is C25H39N3O3. The number of piperazine rings is 1. The number of carbonyl (C=O) groups is 1. The van der Waals surface area contributed by atoms with E-state index in [1.54, 1.807) is 14.2 Å². The molecule has 0 unspecified atom stereocenters. The van der Waals surface area contributed by atoms with Gasteiger partial charge in [-0.2, -0.15) is 0 Å². The van der Waals surface area contributed by atoms with Crippen LogP contribution in [0.1, 0.15) is 43.2 Å². The molecule has 3 aliphatic rings. The first-order valence-corrected chi connectivity index (χ1v) is 12.0. The van der Waals surface area contributed by atoms with E-state index in [1.807, 2.05) is 0 Å². The average molecular weight is 430 g/mol. The summed E-state index contributed by atoms with van der Waals surface area (Å²) in [6, 6.07) is 4.15. The van der Waals surface area contributed by atoms with Crippen LogP contribution < -0.4 is 9.47 Å². The van der Waals surface area contributed by atoms with Crippen molar-refractivity contribution in [2.24, 2.45) is 11.8 Å². The lowest BCUT2D eigenvalue weighted by atomic mass is 9.75. The van der Waals surface area contributed by atoms with Gasteiger partial charge in [-0.05, 0) is 54.9 Å². The van der Waals surface area contributed by atoms with Crippen LogP contribution in [-0.2, 0) is 11.3 Å². The standard InChI is InChI=1S/C25H39N3O3/c1-19-14-23(30-2)24(31-3)15-22(19)16-26-10-12-27(13-11-26)18-25(29)28-9-8-20-6-4-5-7-21(20)17-28/h14-15,20-21H,4-13,16-18H2,1-3H3/t20-,21+/m0/s1. The number of hydrogen-bond donors (Lipinski definition) is 0. The van der Waals surface area contributed by atoms with Crippen LogP contribution in [0.4, 0.5) is 0 Å². The maximum atomic E-state index is 12.9. The summed E-state index contributed by atoms with van der Waals surface area (Å²) in [4.78, 5) is 19.9. The van der Waals surface area contributed by atoms with E-state index in [-0.39, 0.29) is 0 Å². The molecule has 2 atom stereocenters. The van der Waals surface area contributed by atoms with Crippen LogP contribution in [0.5, 0.6) is 11.5 Å². The van der Waals surface area contributed by atoms with Crippen LogP contribution in [0, 0.1) is 18.8 Å². The number of methoxy groups -OCH3 is 2. The Kier molecular flexibility index (Phi) is 7.39. The number of aryl methyl sites for hydroxylation is 1. The molecule has 1 aliphatic carbocycles. The molecule has 6 heteroatoms. The summed E-state index contributed by atoms with van der Waals surface area (Å²) in [6.45, 7) is 9.49. The Hall–Kier alpha value is -1.79. The van der Waals surface area contributed by atoms with Crippen molar-refractivity contribution >= 4 is 5.91 Å².